The Balaban J connectivity index is 0.00000256. The summed E-state index contributed by atoms with van der Waals surface area (Å²) in [5, 5.41) is 4.30. The van der Waals surface area contributed by atoms with Gasteiger partial charge in [0.15, 0.2) is 0 Å². The van der Waals surface area contributed by atoms with Crippen LogP contribution in [0.1, 0.15) is 33.6 Å². The van der Waals surface area contributed by atoms with Crippen molar-refractivity contribution < 1.29 is 43.9 Å². The number of carbonyl (C=O) groups is 3. The van der Waals surface area contributed by atoms with Crippen LogP contribution < -0.4 is 40.2 Å². The van der Waals surface area contributed by atoms with Crippen molar-refractivity contribution in [1.82, 2.24) is 10.6 Å². The van der Waals surface area contributed by atoms with Crippen LogP contribution >= 0.6 is 0 Å². The quantitative estimate of drug-likeness (QED) is 0.348. The summed E-state index contributed by atoms with van der Waals surface area (Å²) in [5.41, 5.74) is -0.491. The maximum Gasteiger partial charge on any atom is 1.00 e. The van der Waals surface area contributed by atoms with E-state index in [1.807, 2.05) is 6.92 Å². The van der Waals surface area contributed by atoms with Gasteiger partial charge in [-0.2, -0.15) is 0 Å². The second-order valence-corrected chi connectivity index (χ2v) is 3.66. The molecule has 0 aliphatic carbocycles. The van der Waals surface area contributed by atoms with E-state index in [2.05, 4.69) is 10.6 Å². The minimum Gasteiger partial charge on any atom is -0.277 e. The standard InChI is InChI=1S/C11H16N2O3.Na/c1-4-7(5-2)11(6-3)8(14)12-10(16)13-9(11)15;/h4H,5-6H2,1-3H3,(H2,12,13,14,15,16);/q;+1/b7-4+;. The van der Waals surface area contributed by atoms with Crippen molar-refractivity contribution in [1.29, 1.82) is 0 Å². The topological polar surface area (TPSA) is 75.3 Å². The molecule has 0 aromatic carbocycles. The van der Waals surface area contributed by atoms with E-state index < -0.39 is 23.3 Å². The molecule has 6 heteroatoms. The first-order valence-electron chi connectivity index (χ1n) is 5.35. The second kappa shape index (κ2) is 6.33. The summed E-state index contributed by atoms with van der Waals surface area (Å²) in [7, 11) is 0. The zero-order valence-corrected chi connectivity index (χ0v) is 12.7. The molecule has 0 bridgehead atoms. The van der Waals surface area contributed by atoms with Crippen LogP contribution in [0, 0.1) is 5.41 Å². The van der Waals surface area contributed by atoms with E-state index in [0.29, 0.717) is 12.8 Å². The first-order valence-corrected chi connectivity index (χ1v) is 5.35. The van der Waals surface area contributed by atoms with Crippen LogP contribution in [0.5, 0.6) is 0 Å². The maximum atomic E-state index is 11.9. The second-order valence-electron chi connectivity index (χ2n) is 3.66. The van der Waals surface area contributed by atoms with Gasteiger partial charge in [-0.3, -0.25) is 20.2 Å². The van der Waals surface area contributed by atoms with E-state index >= 15 is 0 Å². The predicted octanol–water partition coefficient (Wildman–Crippen LogP) is -1.89. The van der Waals surface area contributed by atoms with Gasteiger partial charge in [0.25, 0.3) is 0 Å². The van der Waals surface area contributed by atoms with Crippen LogP contribution in [0.3, 0.4) is 0 Å². The van der Waals surface area contributed by atoms with Crippen LogP contribution in [0.2, 0.25) is 0 Å². The van der Waals surface area contributed by atoms with Gasteiger partial charge in [0, 0.05) is 0 Å². The number of rotatable bonds is 3. The summed E-state index contributed by atoms with van der Waals surface area (Å²) in [6.45, 7) is 5.42. The van der Waals surface area contributed by atoms with Gasteiger partial charge in [-0.15, -0.1) is 0 Å². The molecule has 0 saturated carbocycles. The fraction of sp³-hybridized carbons (Fsp3) is 0.545. The van der Waals surface area contributed by atoms with Crippen molar-refractivity contribution in [3.63, 3.8) is 0 Å². The molecule has 1 heterocycles. The Bertz CT molecular complexity index is 357. The Kier molecular flexibility index (Phi) is 6.09. The van der Waals surface area contributed by atoms with Crippen molar-refractivity contribution in [2.24, 2.45) is 5.41 Å². The molecule has 2 N–H and O–H groups in total. The van der Waals surface area contributed by atoms with Crippen molar-refractivity contribution in [2.45, 2.75) is 33.6 Å². The molecule has 1 aliphatic rings. The summed E-state index contributed by atoms with van der Waals surface area (Å²) in [6.07, 6.45) is 2.70. The molecule has 5 nitrogen and oxygen atoms in total. The Morgan fingerprint density at radius 3 is 1.94 bits per heavy atom. The third-order valence-electron chi connectivity index (χ3n) is 3.04. The van der Waals surface area contributed by atoms with E-state index in [4.69, 9.17) is 0 Å². The average molecular weight is 247 g/mol. The van der Waals surface area contributed by atoms with Crippen LogP contribution in [0.15, 0.2) is 11.6 Å². The number of hydrogen-bond acceptors (Lipinski definition) is 3. The minimum absolute atomic E-state index is 0. The molecule has 17 heavy (non-hydrogen) atoms. The number of nitrogens with one attached hydrogen (secondary N) is 2. The van der Waals surface area contributed by atoms with Crippen LogP contribution in [0.4, 0.5) is 4.79 Å². The first-order chi connectivity index (χ1) is 7.52. The van der Waals surface area contributed by atoms with Crippen molar-refractivity contribution in [2.75, 3.05) is 0 Å². The number of amides is 4. The van der Waals surface area contributed by atoms with Gasteiger partial charge < -0.3 is 0 Å². The fourth-order valence-corrected chi connectivity index (χ4v) is 2.15. The molecule has 0 aromatic heterocycles. The molecule has 1 rings (SSSR count). The molecule has 0 spiro atoms. The van der Waals surface area contributed by atoms with E-state index in [1.54, 1.807) is 19.9 Å². The normalized spacial score (nSPS) is 19.2. The molecule has 1 fully saturated rings. The predicted molar refractivity (Wildman–Crippen MR) is 58.5 cm³/mol. The molecule has 88 valence electrons. The van der Waals surface area contributed by atoms with E-state index in [9.17, 15) is 14.4 Å². The number of urea groups is 1. The molecular weight excluding hydrogens is 231 g/mol. The van der Waals surface area contributed by atoms with Gasteiger partial charge in [-0.25, -0.2) is 4.79 Å². The number of carbonyl (C=O) groups excluding carboxylic acids is 3. The third kappa shape index (κ3) is 2.61. The van der Waals surface area contributed by atoms with Gasteiger partial charge in [0.1, 0.15) is 5.41 Å². The van der Waals surface area contributed by atoms with Gasteiger partial charge in [-0.1, -0.05) is 19.9 Å². The van der Waals surface area contributed by atoms with Gasteiger partial charge >= 0.3 is 35.6 Å². The Labute approximate surface area is 123 Å². The van der Waals surface area contributed by atoms with Crippen molar-refractivity contribution in [3.8, 4) is 0 Å². The molecule has 1 saturated heterocycles. The van der Waals surface area contributed by atoms with Crippen molar-refractivity contribution >= 4 is 17.8 Å². The molecule has 0 aromatic rings. The number of barbiturate groups is 1. The van der Waals surface area contributed by atoms with Crippen LogP contribution in [-0.2, 0) is 9.59 Å². The molecule has 1 aliphatic heterocycles. The molecule has 0 radical (unpaired) electrons. The largest absolute Gasteiger partial charge is 1.00 e. The summed E-state index contributed by atoms with van der Waals surface area (Å²) in [4.78, 5) is 34.8. The molecular formula is C11H16N2NaO3+. The van der Waals surface area contributed by atoms with Gasteiger partial charge in [-0.05, 0) is 25.3 Å². The summed E-state index contributed by atoms with van der Waals surface area (Å²) >= 11 is 0. The molecule has 0 unspecified atom stereocenters. The Morgan fingerprint density at radius 1 is 1.18 bits per heavy atom. The maximum absolute atomic E-state index is 11.9. The average Bonchev–Trinajstić information content (AvgIpc) is 2.23. The number of imide groups is 2. The third-order valence-corrected chi connectivity index (χ3v) is 3.04. The number of hydrogen-bond donors (Lipinski definition) is 2. The van der Waals surface area contributed by atoms with E-state index in [-0.39, 0.29) is 29.6 Å². The monoisotopic (exact) mass is 247 g/mol. The zero-order chi connectivity index (χ0) is 12.3. The Morgan fingerprint density at radius 2 is 1.65 bits per heavy atom. The van der Waals surface area contributed by atoms with Crippen LogP contribution in [-0.4, -0.2) is 17.8 Å². The Hall–Kier alpha value is -0.650. The summed E-state index contributed by atoms with van der Waals surface area (Å²) in [6, 6.07) is -0.745. The van der Waals surface area contributed by atoms with Crippen molar-refractivity contribution in [3.05, 3.63) is 11.6 Å². The number of allylic oxidation sites excluding steroid dienone is 1. The van der Waals surface area contributed by atoms with Gasteiger partial charge in [0.2, 0.25) is 11.8 Å². The van der Waals surface area contributed by atoms with E-state index in [1.165, 1.54) is 0 Å². The minimum atomic E-state index is -1.22. The summed E-state index contributed by atoms with van der Waals surface area (Å²) < 4.78 is 0. The van der Waals surface area contributed by atoms with Crippen LogP contribution in [0.25, 0.3) is 0 Å². The smallest absolute Gasteiger partial charge is 0.277 e. The molecule has 0 atom stereocenters. The first kappa shape index (κ1) is 16.4. The van der Waals surface area contributed by atoms with E-state index in [0.717, 1.165) is 5.57 Å². The zero-order valence-electron chi connectivity index (χ0n) is 10.7. The summed E-state index contributed by atoms with van der Waals surface area (Å²) in [5.74, 6) is -1.06. The van der Waals surface area contributed by atoms with Gasteiger partial charge in [0.05, 0.1) is 0 Å². The molecule has 4 amide bonds. The fourth-order valence-electron chi connectivity index (χ4n) is 2.15. The SMILES string of the molecule is C/C=C(\CC)C1(CC)C(=O)NC(=O)NC1=O.[Na+].